The molecule has 0 spiro atoms. The molecule has 0 saturated carbocycles. The highest BCUT2D eigenvalue weighted by Crippen LogP contribution is 2.24. The Balaban J connectivity index is 2.23. The van der Waals surface area contributed by atoms with Gasteiger partial charge in [-0.3, -0.25) is 4.79 Å². The van der Waals surface area contributed by atoms with E-state index in [-0.39, 0.29) is 0 Å². The summed E-state index contributed by atoms with van der Waals surface area (Å²) >= 11 is 0. The smallest absolute Gasteiger partial charge is 0.201 e. The van der Waals surface area contributed by atoms with Crippen LogP contribution in [-0.2, 0) is 6.54 Å². The van der Waals surface area contributed by atoms with Crippen LogP contribution in [0, 0.1) is 11.8 Å². The van der Waals surface area contributed by atoms with Crippen LogP contribution < -0.4 is 4.90 Å². The molecule has 0 atom stereocenters. The van der Waals surface area contributed by atoms with Gasteiger partial charge in [0.25, 0.3) is 0 Å². The zero-order valence-electron chi connectivity index (χ0n) is 10.3. The average Bonchev–Trinajstić information content (AvgIpc) is 2.41. The van der Waals surface area contributed by atoms with Crippen LogP contribution in [0.5, 0.6) is 0 Å². The lowest BCUT2D eigenvalue weighted by molar-refractivity contribution is 0.264. The second-order valence-corrected chi connectivity index (χ2v) is 4.35. The number of carbonyl (C=O) groups is 1. The highest BCUT2D eigenvalue weighted by molar-refractivity contribution is 6.60. The Morgan fingerprint density at radius 2 is 1.63 bits per heavy atom. The molecule has 3 rings (SSSR count). The first-order valence-electron chi connectivity index (χ1n) is 6.01. The first kappa shape index (κ1) is 11.6. The van der Waals surface area contributed by atoms with Crippen molar-refractivity contribution in [3.05, 3.63) is 65.2 Å². The molecule has 19 heavy (non-hydrogen) atoms. The van der Waals surface area contributed by atoms with Crippen molar-refractivity contribution in [3.63, 3.8) is 0 Å². The SMILES string of the molecule is [B]C(=O)N1Cc2ccccc2C#Cc2ccccc21. The summed E-state index contributed by atoms with van der Waals surface area (Å²) in [7, 11) is 5.50. The van der Waals surface area contributed by atoms with Gasteiger partial charge >= 0.3 is 0 Å². The van der Waals surface area contributed by atoms with Crippen molar-refractivity contribution in [1.29, 1.82) is 0 Å². The van der Waals surface area contributed by atoms with Gasteiger partial charge in [0.05, 0.1) is 12.2 Å². The molecular weight excluding hydrogens is 233 g/mol. The normalized spacial score (nSPS) is 12.3. The molecule has 1 amide bonds. The van der Waals surface area contributed by atoms with E-state index < -0.39 is 5.81 Å². The molecule has 88 valence electrons. The van der Waals surface area contributed by atoms with Gasteiger partial charge in [0.15, 0.2) is 5.81 Å². The molecule has 1 heterocycles. The van der Waals surface area contributed by atoms with Crippen molar-refractivity contribution in [1.82, 2.24) is 0 Å². The largest absolute Gasteiger partial charge is 0.317 e. The molecule has 0 bridgehead atoms. The molecule has 2 aromatic carbocycles. The molecule has 0 aliphatic carbocycles. The van der Waals surface area contributed by atoms with Crippen molar-refractivity contribution in [2.75, 3.05) is 4.90 Å². The third-order valence-corrected chi connectivity index (χ3v) is 3.14. The van der Waals surface area contributed by atoms with Crippen LogP contribution >= 0.6 is 0 Å². The number of carbonyl (C=O) groups excluding carboxylic acids is 1. The predicted molar refractivity (Wildman–Crippen MR) is 76.2 cm³/mol. The first-order valence-corrected chi connectivity index (χ1v) is 6.01. The van der Waals surface area contributed by atoms with Gasteiger partial charge in [-0.2, -0.15) is 0 Å². The van der Waals surface area contributed by atoms with E-state index in [4.69, 9.17) is 7.85 Å². The number of rotatable bonds is 0. The summed E-state index contributed by atoms with van der Waals surface area (Å²) in [4.78, 5) is 13.2. The Bertz CT molecular complexity index is 712. The van der Waals surface area contributed by atoms with E-state index in [1.54, 1.807) is 4.90 Å². The fraction of sp³-hybridized carbons (Fsp3) is 0.0625. The zero-order chi connectivity index (χ0) is 13.2. The van der Waals surface area contributed by atoms with E-state index in [1.165, 1.54) is 0 Å². The van der Waals surface area contributed by atoms with Crippen molar-refractivity contribution < 1.29 is 4.79 Å². The molecule has 0 unspecified atom stereocenters. The molecule has 0 aromatic heterocycles. The summed E-state index contributed by atoms with van der Waals surface area (Å²) < 4.78 is 0. The Hall–Kier alpha value is -2.47. The van der Waals surface area contributed by atoms with Crippen LogP contribution in [0.3, 0.4) is 0 Å². The quantitative estimate of drug-likeness (QED) is 0.514. The predicted octanol–water partition coefficient (Wildman–Crippen LogP) is 2.69. The van der Waals surface area contributed by atoms with Crippen molar-refractivity contribution in [3.8, 4) is 11.8 Å². The summed E-state index contributed by atoms with van der Waals surface area (Å²) in [5.41, 5.74) is 3.51. The molecule has 2 nitrogen and oxygen atoms in total. The number of amides is 1. The lowest BCUT2D eigenvalue weighted by Gasteiger charge is -2.25. The van der Waals surface area contributed by atoms with Crippen LogP contribution in [0.1, 0.15) is 16.7 Å². The summed E-state index contributed by atoms with van der Waals surface area (Å²) in [5, 5.41) is 0. The van der Waals surface area contributed by atoms with Crippen LogP contribution in [0.2, 0.25) is 0 Å². The molecular formula is C16H10BNO. The van der Waals surface area contributed by atoms with Crippen LogP contribution in [0.15, 0.2) is 48.5 Å². The monoisotopic (exact) mass is 243 g/mol. The maximum atomic E-state index is 11.7. The second kappa shape index (κ2) is 4.66. The minimum absolute atomic E-state index is 0.442. The summed E-state index contributed by atoms with van der Waals surface area (Å²) in [5.74, 6) is 5.79. The van der Waals surface area contributed by atoms with Crippen LogP contribution in [-0.4, -0.2) is 13.7 Å². The van der Waals surface area contributed by atoms with Crippen molar-refractivity contribution >= 4 is 19.3 Å². The van der Waals surface area contributed by atoms with Crippen LogP contribution in [0.4, 0.5) is 10.5 Å². The molecule has 2 radical (unpaired) electrons. The Kier molecular flexibility index (Phi) is 2.85. The van der Waals surface area contributed by atoms with Gasteiger partial charge < -0.3 is 4.90 Å². The molecule has 2 aromatic rings. The number of hydrogen-bond donors (Lipinski definition) is 0. The zero-order valence-corrected chi connectivity index (χ0v) is 10.3. The number of anilines is 1. The maximum absolute atomic E-state index is 11.7. The van der Waals surface area contributed by atoms with Gasteiger partial charge in [0, 0.05) is 11.1 Å². The van der Waals surface area contributed by atoms with Gasteiger partial charge in [-0.25, -0.2) is 0 Å². The first-order chi connectivity index (χ1) is 9.25. The van der Waals surface area contributed by atoms with Gasteiger partial charge in [-0.15, -0.1) is 0 Å². The van der Waals surface area contributed by atoms with Crippen LogP contribution in [0.25, 0.3) is 0 Å². The molecule has 0 fully saturated rings. The molecule has 0 N–H and O–H groups in total. The summed E-state index contributed by atoms with van der Waals surface area (Å²) in [6.07, 6.45) is 0. The summed E-state index contributed by atoms with van der Waals surface area (Å²) in [6, 6.07) is 15.3. The topological polar surface area (TPSA) is 20.3 Å². The molecule has 1 aliphatic heterocycles. The Morgan fingerprint density at radius 3 is 2.42 bits per heavy atom. The number of benzene rings is 2. The van der Waals surface area contributed by atoms with Gasteiger partial charge in [-0.05, 0) is 23.8 Å². The fourth-order valence-corrected chi connectivity index (χ4v) is 2.18. The van der Waals surface area contributed by atoms with Gasteiger partial charge in [0.1, 0.15) is 0 Å². The third-order valence-electron chi connectivity index (χ3n) is 3.14. The summed E-state index contributed by atoms with van der Waals surface area (Å²) in [6.45, 7) is 0.442. The lowest BCUT2D eigenvalue weighted by atomic mass is 10.00. The van der Waals surface area contributed by atoms with E-state index in [0.717, 1.165) is 22.4 Å². The number of fused-ring (bicyclic) bond motifs is 2. The second-order valence-electron chi connectivity index (χ2n) is 4.35. The third kappa shape index (κ3) is 2.13. The molecule has 0 saturated heterocycles. The molecule has 1 aliphatic rings. The van der Waals surface area contributed by atoms with E-state index in [2.05, 4.69) is 11.8 Å². The average molecular weight is 243 g/mol. The highest BCUT2D eigenvalue weighted by atomic mass is 16.1. The number of hydrogen-bond acceptors (Lipinski definition) is 1. The van der Waals surface area contributed by atoms with Crippen molar-refractivity contribution in [2.24, 2.45) is 0 Å². The fourth-order valence-electron chi connectivity index (χ4n) is 2.18. The van der Waals surface area contributed by atoms with E-state index in [1.807, 2.05) is 48.5 Å². The standard InChI is InChI=1S/C16H10BNO/c17-16(19)18-11-14-7-2-1-5-12(14)9-10-13-6-3-4-8-15(13)18/h1-8H,11H2. The minimum Gasteiger partial charge on any atom is -0.317 e. The Morgan fingerprint density at radius 1 is 1.00 bits per heavy atom. The van der Waals surface area contributed by atoms with Gasteiger partial charge in [-0.1, -0.05) is 42.2 Å². The van der Waals surface area contributed by atoms with E-state index in [9.17, 15) is 4.79 Å². The number of nitrogens with zero attached hydrogens (tertiary/aromatic N) is 1. The minimum atomic E-state index is -0.467. The Labute approximate surface area is 113 Å². The molecule has 3 heteroatoms. The number of para-hydroxylation sites is 1. The maximum Gasteiger partial charge on any atom is 0.201 e. The van der Waals surface area contributed by atoms with Crippen molar-refractivity contribution in [2.45, 2.75) is 6.54 Å². The van der Waals surface area contributed by atoms with Gasteiger partial charge in [0.2, 0.25) is 7.85 Å². The van der Waals surface area contributed by atoms with E-state index in [0.29, 0.717) is 6.54 Å². The highest BCUT2D eigenvalue weighted by Gasteiger charge is 2.17. The van der Waals surface area contributed by atoms with E-state index >= 15 is 0 Å². The lowest BCUT2D eigenvalue weighted by Crippen LogP contribution is -2.30.